The van der Waals surface area contributed by atoms with Crippen LogP contribution in [0.5, 0.6) is 0 Å². The monoisotopic (exact) mass is 125 g/mol. The van der Waals surface area contributed by atoms with E-state index >= 15 is 0 Å². The molecule has 0 amide bonds. The number of hydrogen-bond donors (Lipinski definition) is 2. The van der Waals surface area contributed by atoms with Crippen molar-refractivity contribution in [3.63, 3.8) is 0 Å². The summed E-state index contributed by atoms with van der Waals surface area (Å²) in [7, 11) is 0. The largest absolute Gasteiger partial charge is 0.307 e. The first-order valence-electron chi connectivity index (χ1n) is 2.85. The zero-order valence-electron chi connectivity index (χ0n) is 4.79. The Balaban J connectivity index is 2.24. The van der Waals surface area contributed by atoms with Crippen LogP contribution in [0.1, 0.15) is 0 Å². The zero-order valence-corrected chi connectivity index (χ0v) is 4.79. The van der Waals surface area contributed by atoms with Crippen molar-refractivity contribution in [2.45, 2.75) is 6.10 Å². The summed E-state index contributed by atoms with van der Waals surface area (Å²) in [5.74, 6) is 0. The molecule has 1 unspecified atom stereocenters. The van der Waals surface area contributed by atoms with E-state index in [2.05, 4.69) is 16.0 Å². The van der Waals surface area contributed by atoms with E-state index in [4.69, 9.17) is 4.84 Å². The molecule has 0 aliphatic carbocycles. The van der Waals surface area contributed by atoms with Gasteiger partial charge < -0.3 is 5.43 Å². The molecule has 1 atom stereocenters. The molecular formula is C5H7N3O. The van der Waals surface area contributed by atoms with Crippen molar-refractivity contribution in [3.8, 4) is 0 Å². The minimum absolute atomic E-state index is 0.106. The summed E-state index contributed by atoms with van der Waals surface area (Å²) in [5.41, 5.74) is 6.46. The Bertz CT molecular complexity index is 175. The molecule has 2 rings (SSSR count). The van der Waals surface area contributed by atoms with Gasteiger partial charge in [0, 0.05) is 6.20 Å². The topological polar surface area (TPSA) is 45.7 Å². The summed E-state index contributed by atoms with van der Waals surface area (Å²) >= 11 is 0. The van der Waals surface area contributed by atoms with Gasteiger partial charge in [-0.15, -0.1) is 0 Å². The van der Waals surface area contributed by atoms with Gasteiger partial charge in [0.1, 0.15) is 6.10 Å². The van der Waals surface area contributed by atoms with Gasteiger partial charge >= 0.3 is 0 Å². The number of hydrazone groups is 1. The number of nitrogens with one attached hydrogen (secondary N) is 2. The second-order valence-electron chi connectivity index (χ2n) is 1.96. The maximum Gasteiger partial charge on any atom is 0.148 e. The van der Waals surface area contributed by atoms with Gasteiger partial charge in [0.05, 0.1) is 12.3 Å². The minimum Gasteiger partial charge on any atom is -0.307 e. The van der Waals surface area contributed by atoms with E-state index in [9.17, 15) is 0 Å². The Morgan fingerprint density at radius 3 is 3.67 bits per heavy atom. The van der Waals surface area contributed by atoms with Crippen LogP contribution < -0.4 is 10.9 Å². The van der Waals surface area contributed by atoms with Crippen molar-refractivity contribution < 1.29 is 4.84 Å². The molecular weight excluding hydrogens is 118 g/mol. The Morgan fingerprint density at radius 2 is 2.78 bits per heavy atom. The summed E-state index contributed by atoms with van der Waals surface area (Å²) in [5, 5.41) is 3.97. The van der Waals surface area contributed by atoms with Gasteiger partial charge in [-0.25, -0.2) is 0 Å². The van der Waals surface area contributed by atoms with Gasteiger partial charge in [0.2, 0.25) is 0 Å². The van der Waals surface area contributed by atoms with Gasteiger partial charge in [-0.05, 0) is 6.08 Å². The van der Waals surface area contributed by atoms with Gasteiger partial charge in [-0.1, -0.05) is 0 Å². The first-order chi connectivity index (χ1) is 4.47. The van der Waals surface area contributed by atoms with Crippen molar-refractivity contribution in [1.82, 2.24) is 10.9 Å². The predicted molar refractivity (Wildman–Crippen MR) is 32.6 cm³/mol. The number of fused-ring (bicyclic) bond motifs is 1. The van der Waals surface area contributed by atoms with Crippen LogP contribution in [0.2, 0.25) is 0 Å². The second-order valence-corrected chi connectivity index (χ2v) is 1.96. The summed E-state index contributed by atoms with van der Waals surface area (Å²) in [6.07, 6.45) is 3.73. The van der Waals surface area contributed by atoms with Gasteiger partial charge in [-0.2, -0.15) is 5.10 Å². The Hall–Kier alpha value is -1.03. The van der Waals surface area contributed by atoms with Crippen LogP contribution in [-0.4, -0.2) is 18.4 Å². The van der Waals surface area contributed by atoms with E-state index in [1.165, 1.54) is 0 Å². The highest BCUT2D eigenvalue weighted by Gasteiger charge is 2.21. The van der Waals surface area contributed by atoms with Crippen LogP contribution in [0.25, 0.3) is 0 Å². The molecule has 4 heteroatoms. The fourth-order valence-electron chi connectivity index (χ4n) is 0.884. The first kappa shape index (κ1) is 4.81. The quantitative estimate of drug-likeness (QED) is 0.452. The summed E-state index contributed by atoms with van der Waals surface area (Å²) in [6.45, 7) is 0.771. The highest BCUT2D eigenvalue weighted by molar-refractivity contribution is 5.99. The summed E-state index contributed by atoms with van der Waals surface area (Å²) in [6, 6.07) is 0. The van der Waals surface area contributed by atoms with Crippen molar-refractivity contribution in [2.24, 2.45) is 5.10 Å². The number of nitrogens with zero attached hydrogens (tertiary/aromatic N) is 1. The van der Waals surface area contributed by atoms with Crippen LogP contribution >= 0.6 is 0 Å². The molecule has 48 valence electrons. The van der Waals surface area contributed by atoms with Gasteiger partial charge in [0.25, 0.3) is 0 Å². The normalized spacial score (nSPS) is 30.2. The molecule has 0 fully saturated rings. The number of hydroxylamine groups is 1. The lowest BCUT2D eigenvalue weighted by Gasteiger charge is -2.13. The maximum atomic E-state index is 5.07. The lowest BCUT2D eigenvalue weighted by Crippen LogP contribution is -2.32. The molecule has 4 nitrogen and oxygen atoms in total. The fourth-order valence-corrected chi connectivity index (χ4v) is 0.884. The van der Waals surface area contributed by atoms with E-state index in [-0.39, 0.29) is 6.10 Å². The third-order valence-electron chi connectivity index (χ3n) is 1.35. The summed E-state index contributed by atoms with van der Waals surface area (Å²) < 4.78 is 0. The van der Waals surface area contributed by atoms with Crippen LogP contribution in [0, 0.1) is 0 Å². The highest BCUT2D eigenvalue weighted by Crippen LogP contribution is 2.03. The molecule has 9 heavy (non-hydrogen) atoms. The van der Waals surface area contributed by atoms with Gasteiger partial charge in [0.15, 0.2) is 0 Å². The average Bonchev–Trinajstić information content (AvgIpc) is 2.33. The van der Waals surface area contributed by atoms with Crippen molar-refractivity contribution in [1.29, 1.82) is 0 Å². The Kier molecular flexibility index (Phi) is 0.927. The van der Waals surface area contributed by atoms with Crippen molar-refractivity contribution >= 4 is 5.71 Å². The molecule has 2 aliphatic rings. The van der Waals surface area contributed by atoms with Crippen molar-refractivity contribution in [3.05, 3.63) is 12.3 Å². The van der Waals surface area contributed by atoms with Crippen LogP contribution in [0.4, 0.5) is 0 Å². The predicted octanol–water partition coefficient (Wildman–Crippen LogP) is -0.637. The van der Waals surface area contributed by atoms with Crippen molar-refractivity contribution in [2.75, 3.05) is 6.54 Å². The standard InChI is InChI=1S/C5H7N3O/c1-2-7-9-5-3-6-8-4(1)5/h1-2,5-7H,3H2. The van der Waals surface area contributed by atoms with Gasteiger partial charge in [-0.3, -0.25) is 10.3 Å². The minimum atomic E-state index is 0.106. The second kappa shape index (κ2) is 1.73. The van der Waals surface area contributed by atoms with E-state index in [1.807, 2.05) is 6.08 Å². The number of rotatable bonds is 0. The van der Waals surface area contributed by atoms with E-state index in [1.54, 1.807) is 6.20 Å². The molecule has 2 aliphatic heterocycles. The molecule has 0 saturated heterocycles. The smallest absolute Gasteiger partial charge is 0.148 e. The van der Waals surface area contributed by atoms with Crippen LogP contribution in [-0.2, 0) is 4.84 Å². The fraction of sp³-hybridized carbons (Fsp3) is 0.400. The van der Waals surface area contributed by atoms with Crippen LogP contribution in [0.15, 0.2) is 17.4 Å². The van der Waals surface area contributed by atoms with E-state index in [0.717, 1.165) is 12.3 Å². The lowest BCUT2D eigenvalue weighted by molar-refractivity contribution is 0.0403. The van der Waals surface area contributed by atoms with E-state index in [0.29, 0.717) is 0 Å². The zero-order chi connectivity index (χ0) is 6.10. The molecule has 0 aromatic heterocycles. The molecule has 0 radical (unpaired) electrons. The Morgan fingerprint density at radius 1 is 1.78 bits per heavy atom. The SMILES string of the molecule is C1=CC2=NNCC2ON1. The average molecular weight is 125 g/mol. The third-order valence-corrected chi connectivity index (χ3v) is 1.35. The molecule has 0 aromatic rings. The van der Waals surface area contributed by atoms with Crippen LogP contribution in [0.3, 0.4) is 0 Å². The number of hydrogen-bond acceptors (Lipinski definition) is 4. The maximum absolute atomic E-state index is 5.07. The summed E-state index contributed by atoms with van der Waals surface area (Å²) in [4.78, 5) is 5.07. The molecule has 0 aromatic carbocycles. The molecule has 2 heterocycles. The van der Waals surface area contributed by atoms with E-state index < -0.39 is 0 Å². The molecule has 0 saturated carbocycles. The molecule has 0 spiro atoms. The first-order valence-corrected chi connectivity index (χ1v) is 2.85. The molecule has 2 N–H and O–H groups in total. The Labute approximate surface area is 52.5 Å². The third kappa shape index (κ3) is 0.675. The molecule has 0 bridgehead atoms. The highest BCUT2D eigenvalue weighted by atomic mass is 16.7. The lowest BCUT2D eigenvalue weighted by atomic mass is 10.2.